The third-order valence-electron chi connectivity index (χ3n) is 4.18. The van der Waals surface area contributed by atoms with E-state index in [1.807, 2.05) is 0 Å². The molecule has 1 heterocycles. The molecule has 0 radical (unpaired) electrons. The van der Waals surface area contributed by atoms with Crippen LogP contribution in [-0.4, -0.2) is 57.6 Å². The maximum absolute atomic E-state index is 5.84. The fourth-order valence-corrected chi connectivity index (χ4v) is 2.61. The molecule has 0 saturated carbocycles. The van der Waals surface area contributed by atoms with E-state index < -0.39 is 0 Å². The first-order valence-electron chi connectivity index (χ1n) is 8.58. The van der Waals surface area contributed by atoms with Crippen LogP contribution in [0.4, 0.5) is 0 Å². The van der Waals surface area contributed by atoms with Gasteiger partial charge in [0.2, 0.25) is 0 Å². The molecule has 0 amide bonds. The van der Waals surface area contributed by atoms with Crippen LogP contribution in [0.5, 0.6) is 5.75 Å². The number of benzene rings is 1. The monoisotopic (exact) mass is 321 g/mol. The average Bonchev–Trinajstić information content (AvgIpc) is 2.52. The summed E-state index contributed by atoms with van der Waals surface area (Å²) < 4.78 is 16.8. The first kappa shape index (κ1) is 18.2. The zero-order valence-electron chi connectivity index (χ0n) is 15.1. The summed E-state index contributed by atoms with van der Waals surface area (Å²) in [5.41, 5.74) is 2.70. The Kier molecular flexibility index (Phi) is 6.88. The number of ether oxygens (including phenoxy) is 3. The highest BCUT2D eigenvalue weighted by molar-refractivity contribution is 5.38. The Morgan fingerprint density at radius 1 is 1.09 bits per heavy atom. The lowest BCUT2D eigenvalue weighted by Crippen LogP contribution is -2.38. The van der Waals surface area contributed by atoms with Crippen LogP contribution in [0.25, 0.3) is 0 Å². The van der Waals surface area contributed by atoms with E-state index in [0.717, 1.165) is 45.2 Å². The summed E-state index contributed by atoms with van der Waals surface area (Å²) in [6, 6.07) is 6.44. The molecule has 1 fully saturated rings. The number of rotatable bonds is 7. The number of hydrogen-bond donors (Lipinski definition) is 0. The highest BCUT2D eigenvalue weighted by Crippen LogP contribution is 2.27. The Morgan fingerprint density at radius 2 is 1.83 bits per heavy atom. The summed E-state index contributed by atoms with van der Waals surface area (Å²) >= 11 is 0. The van der Waals surface area contributed by atoms with E-state index in [0.29, 0.717) is 13.2 Å². The molecule has 0 spiro atoms. The minimum atomic E-state index is 0.173. The number of morpholine rings is 1. The van der Waals surface area contributed by atoms with Crippen molar-refractivity contribution in [2.75, 3.05) is 52.7 Å². The second-order valence-corrected chi connectivity index (χ2v) is 7.15. The van der Waals surface area contributed by atoms with Crippen LogP contribution in [0.1, 0.15) is 31.9 Å². The second-order valence-electron chi connectivity index (χ2n) is 7.15. The molecule has 0 aliphatic carbocycles. The van der Waals surface area contributed by atoms with E-state index in [4.69, 9.17) is 14.2 Å². The van der Waals surface area contributed by atoms with Crippen molar-refractivity contribution in [2.45, 2.75) is 33.1 Å². The number of nitrogens with zero attached hydrogens (tertiary/aromatic N) is 1. The molecule has 0 bridgehead atoms. The van der Waals surface area contributed by atoms with Gasteiger partial charge in [-0.3, -0.25) is 4.90 Å². The molecule has 0 unspecified atom stereocenters. The molecular weight excluding hydrogens is 290 g/mol. The van der Waals surface area contributed by atoms with E-state index in [1.165, 1.54) is 11.1 Å². The van der Waals surface area contributed by atoms with Gasteiger partial charge in [0.15, 0.2) is 0 Å². The van der Waals surface area contributed by atoms with Crippen molar-refractivity contribution in [3.63, 3.8) is 0 Å². The van der Waals surface area contributed by atoms with Crippen LogP contribution in [0.2, 0.25) is 0 Å². The lowest BCUT2D eigenvalue weighted by molar-refractivity contribution is 0.0170. The quantitative estimate of drug-likeness (QED) is 0.722. The van der Waals surface area contributed by atoms with Gasteiger partial charge in [-0.1, -0.05) is 32.9 Å². The molecule has 1 aromatic carbocycles. The minimum absolute atomic E-state index is 0.173. The summed E-state index contributed by atoms with van der Waals surface area (Å²) in [5.74, 6) is 0.953. The van der Waals surface area contributed by atoms with Crippen molar-refractivity contribution in [1.29, 1.82) is 0 Å². The van der Waals surface area contributed by atoms with Gasteiger partial charge in [0.05, 0.1) is 26.4 Å². The summed E-state index contributed by atoms with van der Waals surface area (Å²) in [7, 11) is 0. The zero-order valence-corrected chi connectivity index (χ0v) is 15.1. The molecular formula is C19H31NO3. The number of aryl methyl sites for hydroxylation is 1. The lowest BCUT2D eigenvalue weighted by Gasteiger charge is -2.26. The maximum atomic E-state index is 5.84. The van der Waals surface area contributed by atoms with Gasteiger partial charge in [-0.15, -0.1) is 0 Å². The molecule has 0 N–H and O–H groups in total. The topological polar surface area (TPSA) is 30.9 Å². The smallest absolute Gasteiger partial charge is 0.122 e. The minimum Gasteiger partial charge on any atom is -0.491 e. The van der Waals surface area contributed by atoms with Crippen LogP contribution in [0, 0.1) is 6.92 Å². The Morgan fingerprint density at radius 3 is 2.48 bits per heavy atom. The summed E-state index contributed by atoms with van der Waals surface area (Å²) in [4.78, 5) is 2.37. The lowest BCUT2D eigenvalue weighted by atomic mass is 9.86. The molecule has 1 aromatic rings. The Hall–Kier alpha value is -1.10. The van der Waals surface area contributed by atoms with Crippen LogP contribution in [0.15, 0.2) is 18.2 Å². The maximum Gasteiger partial charge on any atom is 0.122 e. The molecule has 4 nitrogen and oxygen atoms in total. The van der Waals surface area contributed by atoms with Crippen LogP contribution in [-0.2, 0) is 14.9 Å². The molecule has 1 aliphatic heterocycles. The fraction of sp³-hybridized carbons (Fsp3) is 0.684. The molecule has 4 heteroatoms. The van der Waals surface area contributed by atoms with Crippen LogP contribution < -0.4 is 4.74 Å². The van der Waals surface area contributed by atoms with Gasteiger partial charge in [-0.05, 0) is 29.5 Å². The standard InChI is InChI=1S/C19H31NO3/c1-16-15-17(19(2,3)4)5-6-18(16)23-14-13-22-12-9-20-7-10-21-11-8-20/h5-6,15H,7-14H2,1-4H3. The predicted molar refractivity (Wildman–Crippen MR) is 93.5 cm³/mol. The van der Waals surface area contributed by atoms with Crippen molar-refractivity contribution in [3.8, 4) is 5.75 Å². The summed E-state index contributed by atoms with van der Waals surface area (Å²) in [5, 5.41) is 0. The molecule has 23 heavy (non-hydrogen) atoms. The van der Waals surface area contributed by atoms with E-state index in [2.05, 4.69) is 50.8 Å². The SMILES string of the molecule is Cc1cc(C(C)(C)C)ccc1OCCOCCN1CCOCC1. The molecule has 0 aromatic heterocycles. The average molecular weight is 321 g/mol. The van der Waals surface area contributed by atoms with Crippen LogP contribution >= 0.6 is 0 Å². The molecule has 1 saturated heterocycles. The third kappa shape index (κ3) is 6.13. The van der Waals surface area contributed by atoms with Crippen molar-refractivity contribution in [1.82, 2.24) is 4.90 Å². The van der Waals surface area contributed by atoms with Crippen LogP contribution in [0.3, 0.4) is 0 Å². The third-order valence-corrected chi connectivity index (χ3v) is 4.18. The zero-order chi connectivity index (χ0) is 16.7. The highest BCUT2D eigenvalue weighted by atomic mass is 16.5. The first-order chi connectivity index (χ1) is 11.0. The largest absolute Gasteiger partial charge is 0.491 e. The van der Waals surface area contributed by atoms with Gasteiger partial charge in [0.25, 0.3) is 0 Å². The van der Waals surface area contributed by atoms with Crippen molar-refractivity contribution in [2.24, 2.45) is 0 Å². The van der Waals surface area contributed by atoms with Crippen molar-refractivity contribution >= 4 is 0 Å². The number of hydrogen-bond acceptors (Lipinski definition) is 4. The molecule has 130 valence electrons. The normalized spacial score (nSPS) is 16.5. The highest BCUT2D eigenvalue weighted by Gasteiger charge is 2.14. The molecule has 1 aliphatic rings. The second kappa shape index (κ2) is 8.67. The Labute approximate surface area is 140 Å². The van der Waals surface area contributed by atoms with Gasteiger partial charge in [-0.25, -0.2) is 0 Å². The van der Waals surface area contributed by atoms with Gasteiger partial charge >= 0.3 is 0 Å². The van der Waals surface area contributed by atoms with E-state index in [-0.39, 0.29) is 5.41 Å². The predicted octanol–water partition coefficient (Wildman–Crippen LogP) is 3.02. The van der Waals surface area contributed by atoms with Crippen molar-refractivity contribution in [3.05, 3.63) is 29.3 Å². The molecule has 2 rings (SSSR count). The Balaban J connectivity index is 1.64. The summed E-state index contributed by atoms with van der Waals surface area (Å²) in [6.07, 6.45) is 0. The molecule has 0 atom stereocenters. The summed E-state index contributed by atoms with van der Waals surface area (Å²) in [6.45, 7) is 15.4. The first-order valence-corrected chi connectivity index (χ1v) is 8.58. The van der Waals surface area contributed by atoms with Gasteiger partial charge in [0.1, 0.15) is 12.4 Å². The van der Waals surface area contributed by atoms with E-state index in [9.17, 15) is 0 Å². The van der Waals surface area contributed by atoms with E-state index in [1.54, 1.807) is 0 Å². The Bertz CT molecular complexity index is 476. The van der Waals surface area contributed by atoms with Gasteiger partial charge in [0, 0.05) is 19.6 Å². The fourth-order valence-electron chi connectivity index (χ4n) is 2.61. The van der Waals surface area contributed by atoms with Crippen molar-refractivity contribution < 1.29 is 14.2 Å². The van der Waals surface area contributed by atoms with Gasteiger partial charge < -0.3 is 14.2 Å². The van der Waals surface area contributed by atoms with E-state index >= 15 is 0 Å². The van der Waals surface area contributed by atoms with Gasteiger partial charge in [-0.2, -0.15) is 0 Å².